The molecule has 1 aliphatic heterocycles. The summed E-state index contributed by atoms with van der Waals surface area (Å²) in [5.74, 6) is -0.430. The Balaban J connectivity index is 2.38. The summed E-state index contributed by atoms with van der Waals surface area (Å²) < 4.78 is 23.2. The minimum Gasteiger partial charge on any atom is -0.307 e. The fourth-order valence-corrected chi connectivity index (χ4v) is 4.34. The van der Waals surface area contributed by atoms with Crippen LogP contribution in [0.3, 0.4) is 0 Å². The maximum absolute atomic E-state index is 12.1. The molecule has 0 saturated carbocycles. The van der Waals surface area contributed by atoms with Crippen LogP contribution in [-0.4, -0.2) is 37.8 Å². The van der Waals surface area contributed by atoms with Crippen LogP contribution in [0.5, 0.6) is 0 Å². The number of nitrogens with zero attached hydrogens (tertiary/aromatic N) is 1. The predicted octanol–water partition coefficient (Wildman–Crippen LogP) is 2.41. The second-order valence-electron chi connectivity index (χ2n) is 4.89. The first kappa shape index (κ1) is 15.6. The molecular weight excluding hydrogens is 321 g/mol. The highest BCUT2D eigenvalue weighted by Crippen LogP contribution is 2.28. The van der Waals surface area contributed by atoms with Crippen molar-refractivity contribution in [1.82, 2.24) is 0 Å². The van der Waals surface area contributed by atoms with Gasteiger partial charge in [0, 0.05) is 10.7 Å². The molecule has 1 heterocycles. The fraction of sp³-hybridized carbons (Fsp3) is 0.462. The van der Waals surface area contributed by atoms with Crippen molar-refractivity contribution < 1.29 is 13.2 Å². The summed E-state index contributed by atoms with van der Waals surface area (Å²) in [5.41, 5.74) is 1.49. The van der Waals surface area contributed by atoms with Crippen LogP contribution in [0.2, 0.25) is 5.02 Å². The van der Waals surface area contributed by atoms with Crippen LogP contribution in [0, 0.1) is 6.92 Å². The van der Waals surface area contributed by atoms with E-state index in [1.807, 2.05) is 6.92 Å². The van der Waals surface area contributed by atoms with Crippen LogP contribution in [0.25, 0.3) is 0 Å². The molecular formula is C13H15Cl2NO3S. The normalized spacial score (nSPS) is 20.9. The molecule has 0 radical (unpaired) electrons. The number of halogens is 2. The van der Waals surface area contributed by atoms with E-state index in [0.29, 0.717) is 17.1 Å². The molecule has 0 N–H and O–H groups in total. The summed E-state index contributed by atoms with van der Waals surface area (Å²) in [6.45, 7) is 1.86. The fourth-order valence-electron chi connectivity index (χ4n) is 2.33. The molecule has 2 rings (SSSR count). The van der Waals surface area contributed by atoms with Gasteiger partial charge in [-0.1, -0.05) is 17.7 Å². The zero-order chi connectivity index (χ0) is 14.9. The molecule has 1 aromatic rings. The van der Waals surface area contributed by atoms with Gasteiger partial charge in [0.1, 0.15) is 5.88 Å². The van der Waals surface area contributed by atoms with Gasteiger partial charge >= 0.3 is 0 Å². The van der Waals surface area contributed by atoms with Crippen LogP contribution in [-0.2, 0) is 14.6 Å². The summed E-state index contributed by atoms with van der Waals surface area (Å²) in [7, 11) is -3.08. The highest BCUT2D eigenvalue weighted by Gasteiger charge is 2.35. The molecule has 4 nitrogen and oxygen atoms in total. The molecule has 110 valence electrons. The van der Waals surface area contributed by atoms with Gasteiger partial charge in [0.2, 0.25) is 5.91 Å². The number of anilines is 1. The van der Waals surface area contributed by atoms with Gasteiger partial charge in [-0.3, -0.25) is 4.79 Å². The summed E-state index contributed by atoms with van der Waals surface area (Å²) >= 11 is 11.7. The number of alkyl halides is 1. The zero-order valence-corrected chi connectivity index (χ0v) is 13.3. The van der Waals surface area contributed by atoms with Gasteiger partial charge in [0.05, 0.1) is 17.5 Å². The summed E-state index contributed by atoms with van der Waals surface area (Å²) in [5, 5.41) is 0.538. The van der Waals surface area contributed by atoms with Gasteiger partial charge in [0.15, 0.2) is 9.84 Å². The number of aryl methyl sites for hydroxylation is 1. The zero-order valence-electron chi connectivity index (χ0n) is 11.0. The van der Waals surface area contributed by atoms with E-state index in [2.05, 4.69) is 0 Å². The number of sulfone groups is 1. The lowest BCUT2D eigenvalue weighted by Crippen LogP contribution is -2.42. The summed E-state index contributed by atoms with van der Waals surface area (Å²) in [6, 6.07) is 4.86. The molecule has 7 heteroatoms. The van der Waals surface area contributed by atoms with Crippen LogP contribution in [0.15, 0.2) is 18.2 Å². The van der Waals surface area contributed by atoms with Crippen molar-refractivity contribution in [2.24, 2.45) is 0 Å². The SMILES string of the molecule is Cc1ccc(N(C(=O)CCl)C2CCS(=O)(=O)C2)cc1Cl. The average molecular weight is 336 g/mol. The summed E-state index contributed by atoms with van der Waals surface area (Å²) in [6.07, 6.45) is 0.427. The number of hydrogen-bond acceptors (Lipinski definition) is 3. The van der Waals surface area contributed by atoms with E-state index in [1.165, 1.54) is 4.90 Å². The molecule has 1 amide bonds. The largest absolute Gasteiger partial charge is 0.307 e. The van der Waals surface area contributed by atoms with E-state index in [0.717, 1.165) is 5.56 Å². The molecule has 1 unspecified atom stereocenters. The molecule has 0 aromatic heterocycles. The van der Waals surface area contributed by atoms with Gasteiger partial charge < -0.3 is 4.90 Å². The highest BCUT2D eigenvalue weighted by atomic mass is 35.5. The second-order valence-corrected chi connectivity index (χ2v) is 7.79. The quantitative estimate of drug-likeness (QED) is 0.797. The molecule has 0 aliphatic carbocycles. The Morgan fingerprint density at radius 3 is 2.65 bits per heavy atom. The minimum absolute atomic E-state index is 0.0267. The molecule has 0 spiro atoms. The van der Waals surface area contributed by atoms with E-state index in [1.54, 1.807) is 18.2 Å². The van der Waals surface area contributed by atoms with Gasteiger partial charge in [0.25, 0.3) is 0 Å². The third kappa shape index (κ3) is 3.27. The van der Waals surface area contributed by atoms with E-state index in [-0.39, 0.29) is 29.3 Å². The lowest BCUT2D eigenvalue weighted by Gasteiger charge is -2.28. The standard InChI is InChI=1S/C13H15Cl2NO3S/c1-9-2-3-10(6-12(9)15)16(13(17)7-14)11-4-5-20(18,19)8-11/h2-3,6,11H,4-5,7-8H2,1H3. The van der Waals surface area contributed by atoms with E-state index < -0.39 is 9.84 Å². The first-order chi connectivity index (χ1) is 9.34. The van der Waals surface area contributed by atoms with Crippen molar-refractivity contribution in [3.63, 3.8) is 0 Å². The number of carbonyl (C=O) groups is 1. The predicted molar refractivity (Wildman–Crippen MR) is 81.5 cm³/mol. The Hall–Kier alpha value is -0.780. The first-order valence-corrected chi connectivity index (χ1v) is 8.92. The molecule has 1 aromatic carbocycles. The first-order valence-electron chi connectivity index (χ1n) is 6.18. The third-order valence-corrected chi connectivity index (χ3v) is 5.78. The molecule has 1 atom stereocenters. The van der Waals surface area contributed by atoms with E-state index >= 15 is 0 Å². The van der Waals surface area contributed by atoms with Crippen molar-refractivity contribution in [2.45, 2.75) is 19.4 Å². The Morgan fingerprint density at radius 1 is 1.45 bits per heavy atom. The van der Waals surface area contributed by atoms with Crippen LogP contribution in [0.1, 0.15) is 12.0 Å². The monoisotopic (exact) mass is 335 g/mol. The number of hydrogen-bond donors (Lipinski definition) is 0. The highest BCUT2D eigenvalue weighted by molar-refractivity contribution is 7.91. The Morgan fingerprint density at radius 2 is 2.15 bits per heavy atom. The van der Waals surface area contributed by atoms with Crippen LogP contribution >= 0.6 is 23.2 Å². The topological polar surface area (TPSA) is 54.5 Å². The molecule has 20 heavy (non-hydrogen) atoms. The van der Waals surface area contributed by atoms with Crippen LogP contribution < -0.4 is 4.90 Å². The second kappa shape index (κ2) is 5.92. The minimum atomic E-state index is -3.08. The van der Waals surface area contributed by atoms with Crippen molar-refractivity contribution in [2.75, 3.05) is 22.3 Å². The molecule has 0 bridgehead atoms. The van der Waals surface area contributed by atoms with Crippen molar-refractivity contribution in [1.29, 1.82) is 0 Å². The molecule has 1 aliphatic rings. The van der Waals surface area contributed by atoms with E-state index in [9.17, 15) is 13.2 Å². The molecule has 1 saturated heterocycles. The van der Waals surface area contributed by atoms with Crippen molar-refractivity contribution in [3.05, 3.63) is 28.8 Å². The van der Waals surface area contributed by atoms with E-state index in [4.69, 9.17) is 23.2 Å². The maximum Gasteiger partial charge on any atom is 0.242 e. The van der Waals surface area contributed by atoms with Crippen molar-refractivity contribution >= 4 is 44.6 Å². The van der Waals surface area contributed by atoms with Crippen molar-refractivity contribution in [3.8, 4) is 0 Å². The Bertz CT molecular complexity index is 631. The smallest absolute Gasteiger partial charge is 0.242 e. The Labute approximate surface area is 128 Å². The van der Waals surface area contributed by atoms with Crippen LogP contribution in [0.4, 0.5) is 5.69 Å². The van der Waals surface area contributed by atoms with Gasteiger partial charge in [-0.15, -0.1) is 11.6 Å². The van der Waals surface area contributed by atoms with Gasteiger partial charge in [-0.2, -0.15) is 0 Å². The third-order valence-electron chi connectivity index (χ3n) is 3.39. The lowest BCUT2D eigenvalue weighted by molar-refractivity contribution is -0.116. The number of rotatable bonds is 3. The van der Waals surface area contributed by atoms with Gasteiger partial charge in [-0.25, -0.2) is 8.42 Å². The summed E-state index contributed by atoms with van der Waals surface area (Å²) in [4.78, 5) is 13.5. The number of benzene rings is 1. The average Bonchev–Trinajstić information content (AvgIpc) is 2.74. The molecule has 1 fully saturated rings. The lowest BCUT2D eigenvalue weighted by atomic mass is 10.1. The Kier molecular flexibility index (Phi) is 4.62. The number of carbonyl (C=O) groups excluding carboxylic acids is 1. The van der Waals surface area contributed by atoms with Gasteiger partial charge in [-0.05, 0) is 31.0 Å². The maximum atomic E-state index is 12.1. The number of amides is 1.